The minimum atomic E-state index is -0.0786. The molecule has 0 radical (unpaired) electrons. The topological polar surface area (TPSA) is 33.2 Å². The molecule has 0 aliphatic rings. The van der Waals surface area contributed by atoms with Crippen molar-refractivity contribution in [3.8, 4) is 0 Å². The molecular weight excluding hydrogens is 415 g/mol. The van der Waals surface area contributed by atoms with E-state index in [1.165, 1.54) is 0 Å². The fourth-order valence-corrected chi connectivity index (χ4v) is 3.52. The smallest absolute Gasteiger partial charge is 0.254 e. The average molecular weight is 434 g/mol. The molecule has 1 aromatic heterocycles. The van der Waals surface area contributed by atoms with Crippen LogP contribution in [0, 0.1) is 6.92 Å². The molecule has 3 aromatic rings. The molecule has 0 unspecified atom stereocenters. The Bertz CT molecular complexity index is 974. The lowest BCUT2D eigenvalue weighted by Crippen LogP contribution is -2.33. The Morgan fingerprint density at radius 2 is 1.68 bits per heavy atom. The molecule has 2 aromatic carbocycles. The first-order chi connectivity index (χ1) is 13.4. The molecule has 144 valence electrons. The van der Waals surface area contributed by atoms with E-state index < -0.39 is 0 Å². The van der Waals surface area contributed by atoms with Gasteiger partial charge in [0.2, 0.25) is 0 Å². The van der Waals surface area contributed by atoms with Crippen molar-refractivity contribution in [2.24, 2.45) is 0 Å². The molecule has 28 heavy (non-hydrogen) atoms. The number of carbonyl (C=O) groups is 1. The number of pyridine rings is 1. The van der Waals surface area contributed by atoms with Gasteiger partial charge >= 0.3 is 0 Å². The average Bonchev–Trinajstić information content (AvgIpc) is 2.66. The molecule has 0 N–H and O–H groups in total. The van der Waals surface area contributed by atoms with Gasteiger partial charge in [0.15, 0.2) is 0 Å². The van der Waals surface area contributed by atoms with Gasteiger partial charge in [-0.1, -0.05) is 46.9 Å². The highest BCUT2D eigenvalue weighted by Gasteiger charge is 2.17. The predicted molar refractivity (Wildman–Crippen MR) is 115 cm³/mol. The number of carbonyl (C=O) groups excluding carboxylic acids is 1. The SMILES string of the molecule is Cc1cccc(CN(CCc2ccc(Cl)cc2Cl)C(=O)c2ccc(Cl)cc2)n1. The number of amides is 1. The standard InChI is InChI=1S/C22H19Cl3N2O/c1-15-3-2-4-20(26-15)14-27(22(28)17-6-8-18(23)9-7-17)12-11-16-5-10-19(24)13-21(16)25/h2-10,13H,11-12,14H2,1H3. The third-order valence-electron chi connectivity index (χ3n) is 4.34. The Morgan fingerprint density at radius 3 is 2.36 bits per heavy atom. The summed E-state index contributed by atoms with van der Waals surface area (Å²) >= 11 is 18.2. The van der Waals surface area contributed by atoms with Crippen LogP contribution in [0.25, 0.3) is 0 Å². The van der Waals surface area contributed by atoms with Gasteiger partial charge in [-0.2, -0.15) is 0 Å². The molecule has 0 atom stereocenters. The maximum absolute atomic E-state index is 13.1. The number of aryl methyl sites for hydroxylation is 1. The van der Waals surface area contributed by atoms with Crippen molar-refractivity contribution in [3.63, 3.8) is 0 Å². The van der Waals surface area contributed by atoms with E-state index >= 15 is 0 Å². The summed E-state index contributed by atoms with van der Waals surface area (Å²) in [5.41, 5.74) is 3.28. The number of hydrogen-bond acceptors (Lipinski definition) is 2. The summed E-state index contributed by atoms with van der Waals surface area (Å²) in [4.78, 5) is 19.4. The van der Waals surface area contributed by atoms with Crippen LogP contribution >= 0.6 is 34.8 Å². The zero-order valence-corrected chi connectivity index (χ0v) is 17.6. The zero-order valence-electron chi connectivity index (χ0n) is 15.3. The molecule has 0 bridgehead atoms. The van der Waals surface area contributed by atoms with Crippen LogP contribution in [0.5, 0.6) is 0 Å². The summed E-state index contributed by atoms with van der Waals surface area (Å²) in [7, 11) is 0. The van der Waals surface area contributed by atoms with E-state index in [9.17, 15) is 4.79 Å². The predicted octanol–water partition coefficient (Wildman–Crippen LogP) is 6.24. The summed E-state index contributed by atoms with van der Waals surface area (Å²) < 4.78 is 0. The number of halogens is 3. The van der Waals surface area contributed by atoms with Gasteiger partial charge in [0.1, 0.15) is 0 Å². The molecule has 6 heteroatoms. The van der Waals surface area contributed by atoms with Crippen LogP contribution in [0.1, 0.15) is 27.3 Å². The summed E-state index contributed by atoms with van der Waals surface area (Å²) in [6, 6.07) is 18.1. The molecule has 1 amide bonds. The van der Waals surface area contributed by atoms with Gasteiger partial charge in [0.25, 0.3) is 5.91 Å². The Morgan fingerprint density at radius 1 is 0.964 bits per heavy atom. The quantitative estimate of drug-likeness (QED) is 0.461. The van der Waals surface area contributed by atoms with E-state index in [4.69, 9.17) is 34.8 Å². The van der Waals surface area contributed by atoms with Gasteiger partial charge in [-0.15, -0.1) is 0 Å². The summed E-state index contributed by atoms with van der Waals surface area (Å²) in [5.74, 6) is -0.0786. The molecule has 0 aliphatic heterocycles. The van der Waals surface area contributed by atoms with Crippen LogP contribution in [0.4, 0.5) is 0 Å². The minimum absolute atomic E-state index is 0.0786. The van der Waals surface area contributed by atoms with Gasteiger partial charge in [-0.25, -0.2) is 0 Å². The molecule has 1 heterocycles. The maximum Gasteiger partial charge on any atom is 0.254 e. The summed E-state index contributed by atoms with van der Waals surface area (Å²) in [5, 5.41) is 1.78. The summed E-state index contributed by atoms with van der Waals surface area (Å²) in [6.45, 7) is 2.84. The monoisotopic (exact) mass is 432 g/mol. The molecule has 0 saturated heterocycles. The molecule has 0 aliphatic carbocycles. The number of nitrogens with zero attached hydrogens (tertiary/aromatic N) is 2. The van der Waals surface area contributed by atoms with Gasteiger partial charge in [0.05, 0.1) is 12.2 Å². The third-order valence-corrected chi connectivity index (χ3v) is 5.18. The third kappa shape index (κ3) is 5.48. The molecule has 0 spiro atoms. The van der Waals surface area contributed by atoms with Gasteiger partial charge in [-0.3, -0.25) is 9.78 Å². The van der Waals surface area contributed by atoms with Crippen LogP contribution in [0.15, 0.2) is 60.7 Å². The second-order valence-corrected chi connectivity index (χ2v) is 7.77. The summed E-state index contributed by atoms with van der Waals surface area (Å²) in [6.07, 6.45) is 0.612. The van der Waals surface area contributed by atoms with Crippen molar-refractivity contribution in [3.05, 3.63) is 98.2 Å². The lowest BCUT2D eigenvalue weighted by atomic mass is 10.1. The van der Waals surface area contributed by atoms with Crippen molar-refractivity contribution in [2.45, 2.75) is 19.9 Å². The fraction of sp³-hybridized carbons (Fsp3) is 0.182. The van der Waals surface area contributed by atoms with Crippen molar-refractivity contribution < 1.29 is 4.79 Å². The van der Waals surface area contributed by atoms with E-state index in [1.54, 1.807) is 41.3 Å². The van der Waals surface area contributed by atoms with E-state index in [0.29, 0.717) is 40.1 Å². The van der Waals surface area contributed by atoms with E-state index in [0.717, 1.165) is 17.0 Å². The van der Waals surface area contributed by atoms with Gasteiger partial charge < -0.3 is 4.90 Å². The number of aromatic nitrogens is 1. The molecular formula is C22H19Cl3N2O. The first kappa shape index (κ1) is 20.7. The van der Waals surface area contributed by atoms with Crippen LogP contribution < -0.4 is 0 Å². The van der Waals surface area contributed by atoms with Crippen LogP contribution in [0.2, 0.25) is 15.1 Å². The van der Waals surface area contributed by atoms with Gasteiger partial charge in [0, 0.05) is 32.9 Å². The van der Waals surface area contributed by atoms with Crippen LogP contribution in [-0.2, 0) is 13.0 Å². The number of benzene rings is 2. The Kier molecular flexibility index (Phi) is 6.95. The normalized spacial score (nSPS) is 10.7. The van der Waals surface area contributed by atoms with Crippen LogP contribution in [0.3, 0.4) is 0 Å². The second-order valence-electron chi connectivity index (χ2n) is 6.49. The molecule has 0 fully saturated rings. The minimum Gasteiger partial charge on any atom is -0.332 e. The Balaban J connectivity index is 1.82. The Labute approximate surface area is 179 Å². The van der Waals surface area contributed by atoms with E-state index in [-0.39, 0.29) is 5.91 Å². The highest BCUT2D eigenvalue weighted by Crippen LogP contribution is 2.22. The molecule has 3 nitrogen and oxygen atoms in total. The van der Waals surface area contributed by atoms with Crippen molar-refractivity contribution >= 4 is 40.7 Å². The van der Waals surface area contributed by atoms with E-state index in [2.05, 4.69) is 4.98 Å². The number of hydrogen-bond donors (Lipinski definition) is 0. The highest BCUT2D eigenvalue weighted by atomic mass is 35.5. The highest BCUT2D eigenvalue weighted by molar-refractivity contribution is 6.35. The molecule has 3 rings (SSSR count). The molecule has 0 saturated carbocycles. The maximum atomic E-state index is 13.1. The first-order valence-electron chi connectivity index (χ1n) is 8.83. The van der Waals surface area contributed by atoms with E-state index in [1.807, 2.05) is 31.2 Å². The lowest BCUT2D eigenvalue weighted by molar-refractivity contribution is 0.0743. The fourth-order valence-electron chi connectivity index (χ4n) is 2.89. The first-order valence-corrected chi connectivity index (χ1v) is 9.97. The Hall–Kier alpha value is -2.07. The number of rotatable bonds is 6. The van der Waals surface area contributed by atoms with Gasteiger partial charge in [-0.05, 0) is 67.4 Å². The van der Waals surface area contributed by atoms with Crippen molar-refractivity contribution in [1.82, 2.24) is 9.88 Å². The largest absolute Gasteiger partial charge is 0.332 e. The van der Waals surface area contributed by atoms with Crippen LogP contribution in [-0.4, -0.2) is 22.3 Å². The van der Waals surface area contributed by atoms with Crippen molar-refractivity contribution in [1.29, 1.82) is 0 Å². The van der Waals surface area contributed by atoms with Crippen molar-refractivity contribution in [2.75, 3.05) is 6.54 Å². The second kappa shape index (κ2) is 9.42. The lowest BCUT2D eigenvalue weighted by Gasteiger charge is -2.23. The zero-order chi connectivity index (χ0) is 20.1.